The Labute approximate surface area is 250 Å². The SMILES string of the molecule is CCC(=O)N1CCN(c2nc(CCCC(=O)N(C)C)nc3c(F)c(C4c5ccccc5C[C@]5(O)C[C@H]45)c(Cl)cc23)CC1. The molecule has 1 aliphatic heterocycles. The van der Waals surface area contributed by atoms with Gasteiger partial charge in [0.25, 0.3) is 0 Å². The van der Waals surface area contributed by atoms with E-state index in [1.54, 1.807) is 25.1 Å². The second-order valence-corrected chi connectivity index (χ2v) is 12.5. The van der Waals surface area contributed by atoms with Crippen LogP contribution in [-0.4, -0.2) is 82.6 Å². The number of aryl methyl sites for hydroxylation is 1. The smallest absolute Gasteiger partial charge is 0.222 e. The van der Waals surface area contributed by atoms with Crippen molar-refractivity contribution >= 4 is 40.1 Å². The highest BCUT2D eigenvalue weighted by Gasteiger charge is 2.60. The van der Waals surface area contributed by atoms with Crippen LogP contribution < -0.4 is 4.90 Å². The molecular weight excluding hydrogens is 557 g/mol. The van der Waals surface area contributed by atoms with Gasteiger partial charge in [0, 0.05) is 93.8 Å². The zero-order valence-electron chi connectivity index (χ0n) is 24.4. The first-order valence-electron chi connectivity index (χ1n) is 14.8. The molecule has 0 radical (unpaired) electrons. The highest BCUT2D eigenvalue weighted by molar-refractivity contribution is 6.32. The molecule has 42 heavy (non-hydrogen) atoms. The van der Waals surface area contributed by atoms with Gasteiger partial charge in [0.15, 0.2) is 5.82 Å². The lowest BCUT2D eigenvalue weighted by Gasteiger charge is -2.36. The molecule has 3 aliphatic rings. The third kappa shape index (κ3) is 5.11. The Morgan fingerprint density at radius 2 is 1.90 bits per heavy atom. The van der Waals surface area contributed by atoms with Gasteiger partial charge in [-0.25, -0.2) is 14.4 Å². The minimum Gasteiger partial charge on any atom is -0.389 e. The van der Waals surface area contributed by atoms with Gasteiger partial charge in [-0.3, -0.25) is 9.59 Å². The summed E-state index contributed by atoms with van der Waals surface area (Å²) < 4.78 is 16.8. The summed E-state index contributed by atoms with van der Waals surface area (Å²) >= 11 is 6.93. The number of halogens is 2. The van der Waals surface area contributed by atoms with Gasteiger partial charge in [-0.05, 0) is 30.0 Å². The molecule has 2 amide bonds. The summed E-state index contributed by atoms with van der Waals surface area (Å²) in [7, 11) is 3.45. The monoisotopic (exact) mass is 593 g/mol. The number of carbonyl (C=O) groups excluding carboxylic acids is 2. The summed E-state index contributed by atoms with van der Waals surface area (Å²) in [6, 6.07) is 9.67. The third-order valence-corrected chi connectivity index (χ3v) is 9.49. The molecule has 2 aliphatic carbocycles. The van der Waals surface area contributed by atoms with E-state index in [0.29, 0.717) is 92.3 Å². The normalized spacial score (nSPS) is 23.0. The summed E-state index contributed by atoms with van der Waals surface area (Å²) in [6.07, 6.45) is 2.91. The molecule has 2 fully saturated rings. The Balaban J connectivity index is 1.43. The van der Waals surface area contributed by atoms with Crippen molar-refractivity contribution in [3.8, 4) is 0 Å². The van der Waals surface area contributed by atoms with Gasteiger partial charge in [-0.15, -0.1) is 0 Å². The van der Waals surface area contributed by atoms with Crippen molar-refractivity contribution < 1.29 is 19.1 Å². The van der Waals surface area contributed by atoms with Crippen molar-refractivity contribution in [2.75, 3.05) is 45.2 Å². The van der Waals surface area contributed by atoms with E-state index in [9.17, 15) is 14.7 Å². The fraction of sp³-hybridized carbons (Fsp3) is 0.500. The summed E-state index contributed by atoms with van der Waals surface area (Å²) in [5.74, 6) is 0.217. The van der Waals surface area contributed by atoms with Gasteiger partial charge >= 0.3 is 0 Å². The largest absolute Gasteiger partial charge is 0.389 e. The molecule has 1 N–H and O–H groups in total. The topological polar surface area (TPSA) is 89.9 Å². The number of hydrogen-bond acceptors (Lipinski definition) is 6. The van der Waals surface area contributed by atoms with Gasteiger partial charge < -0.3 is 19.8 Å². The Bertz CT molecular complexity index is 1560. The van der Waals surface area contributed by atoms with E-state index in [4.69, 9.17) is 21.6 Å². The van der Waals surface area contributed by atoms with Crippen LogP contribution >= 0.6 is 11.6 Å². The maximum Gasteiger partial charge on any atom is 0.222 e. The fourth-order valence-corrected chi connectivity index (χ4v) is 7.05. The van der Waals surface area contributed by atoms with Crippen LogP contribution in [0.5, 0.6) is 0 Å². The molecule has 8 nitrogen and oxygen atoms in total. The molecule has 2 aromatic carbocycles. The van der Waals surface area contributed by atoms with Crippen molar-refractivity contribution in [3.05, 3.63) is 63.7 Å². The fourth-order valence-electron chi connectivity index (χ4n) is 6.75. The van der Waals surface area contributed by atoms with Crippen molar-refractivity contribution in [2.45, 2.75) is 57.0 Å². The first kappa shape index (κ1) is 28.8. The number of rotatable bonds is 7. The standard InChI is InChI=1S/C32H37ClFN5O3/c1-4-25(40)38-12-14-39(15-13-38)31-21-16-23(33)28(27-20-9-6-5-8-19(20)17-32(42)18-22(27)32)29(34)30(21)35-24(36-31)10-7-11-26(41)37(2)3/h5-6,8-9,16,22,27,42H,4,7,10-15,17-18H2,1-3H3/t22-,27?,32+/m1/s1. The van der Waals surface area contributed by atoms with Gasteiger partial charge in [0.1, 0.15) is 17.2 Å². The molecule has 1 aromatic heterocycles. The lowest BCUT2D eigenvalue weighted by molar-refractivity contribution is -0.131. The maximum atomic E-state index is 16.8. The lowest BCUT2D eigenvalue weighted by atomic mass is 9.77. The summed E-state index contributed by atoms with van der Waals surface area (Å²) in [5.41, 5.74) is 1.74. The first-order valence-corrected chi connectivity index (χ1v) is 15.2. The van der Waals surface area contributed by atoms with E-state index in [1.165, 1.54) is 0 Å². The van der Waals surface area contributed by atoms with Gasteiger partial charge in [-0.1, -0.05) is 42.8 Å². The third-order valence-electron chi connectivity index (χ3n) is 9.17. The van der Waals surface area contributed by atoms with Crippen LogP contribution in [-0.2, 0) is 22.4 Å². The number of fused-ring (bicyclic) bond motifs is 3. The average Bonchev–Trinajstić information content (AvgIpc) is 3.66. The summed E-state index contributed by atoms with van der Waals surface area (Å²) in [4.78, 5) is 39.5. The van der Waals surface area contributed by atoms with Crippen LogP contribution in [0, 0.1) is 11.7 Å². The van der Waals surface area contributed by atoms with Crippen LogP contribution in [0.25, 0.3) is 10.9 Å². The number of hydrogen-bond donors (Lipinski definition) is 1. The second kappa shape index (κ2) is 11.1. The van der Waals surface area contributed by atoms with E-state index in [0.717, 1.165) is 11.1 Å². The minimum atomic E-state index is -0.847. The number of amides is 2. The molecule has 6 rings (SSSR count). The van der Waals surface area contributed by atoms with Crippen molar-refractivity contribution in [3.63, 3.8) is 0 Å². The number of aliphatic hydroxyl groups is 1. The summed E-state index contributed by atoms with van der Waals surface area (Å²) in [5, 5.41) is 12.0. The molecular formula is C32H37ClFN5O3. The van der Waals surface area contributed by atoms with E-state index in [1.807, 2.05) is 36.1 Å². The van der Waals surface area contributed by atoms with Crippen LogP contribution in [0.1, 0.15) is 61.0 Å². The molecule has 0 bridgehead atoms. The molecule has 1 saturated heterocycles. The van der Waals surface area contributed by atoms with Gasteiger partial charge in [0.05, 0.1) is 5.60 Å². The van der Waals surface area contributed by atoms with E-state index < -0.39 is 11.4 Å². The Hall–Kier alpha value is -3.30. The molecule has 222 valence electrons. The first-order chi connectivity index (χ1) is 20.1. The molecule has 2 heterocycles. The second-order valence-electron chi connectivity index (χ2n) is 12.1. The van der Waals surface area contributed by atoms with Crippen LogP contribution in [0.4, 0.5) is 10.2 Å². The van der Waals surface area contributed by atoms with E-state index in [-0.39, 0.29) is 29.2 Å². The molecule has 0 spiro atoms. The zero-order valence-corrected chi connectivity index (χ0v) is 25.1. The molecule has 10 heteroatoms. The number of benzene rings is 2. The number of aromatic nitrogens is 2. The number of piperazine rings is 1. The highest BCUT2D eigenvalue weighted by Crippen LogP contribution is 2.61. The van der Waals surface area contributed by atoms with E-state index >= 15 is 4.39 Å². The van der Waals surface area contributed by atoms with Crippen molar-refractivity contribution in [1.82, 2.24) is 19.8 Å². The van der Waals surface area contributed by atoms with Crippen LogP contribution in [0.15, 0.2) is 30.3 Å². The highest BCUT2D eigenvalue weighted by atomic mass is 35.5. The van der Waals surface area contributed by atoms with Gasteiger partial charge in [-0.2, -0.15) is 0 Å². The van der Waals surface area contributed by atoms with E-state index in [2.05, 4.69) is 4.90 Å². The molecule has 3 atom stereocenters. The Morgan fingerprint density at radius 3 is 2.62 bits per heavy atom. The predicted molar refractivity (Wildman–Crippen MR) is 160 cm³/mol. The predicted octanol–water partition coefficient (Wildman–Crippen LogP) is 4.33. The number of nitrogens with zero attached hydrogens (tertiary/aromatic N) is 5. The zero-order chi connectivity index (χ0) is 29.8. The molecule has 1 saturated carbocycles. The van der Waals surface area contributed by atoms with Crippen molar-refractivity contribution in [1.29, 1.82) is 0 Å². The Kier molecular flexibility index (Phi) is 7.60. The lowest BCUT2D eigenvalue weighted by Crippen LogP contribution is -2.49. The number of anilines is 1. The summed E-state index contributed by atoms with van der Waals surface area (Å²) in [6.45, 7) is 4.08. The van der Waals surface area contributed by atoms with Crippen molar-refractivity contribution in [2.24, 2.45) is 5.92 Å². The average molecular weight is 594 g/mol. The minimum absolute atomic E-state index is 0.0147. The number of carbonyl (C=O) groups is 2. The maximum absolute atomic E-state index is 16.8. The Morgan fingerprint density at radius 1 is 1.17 bits per heavy atom. The van der Waals surface area contributed by atoms with Crippen LogP contribution in [0.2, 0.25) is 5.02 Å². The molecule has 3 aromatic rings. The quantitative estimate of drug-likeness (QED) is 0.439. The van der Waals surface area contributed by atoms with Crippen LogP contribution in [0.3, 0.4) is 0 Å². The molecule has 1 unspecified atom stereocenters. The van der Waals surface area contributed by atoms with Gasteiger partial charge in [0.2, 0.25) is 11.8 Å².